The lowest BCUT2D eigenvalue weighted by atomic mass is 10.1. The van der Waals surface area contributed by atoms with Crippen molar-refractivity contribution in [1.82, 2.24) is 4.72 Å². The number of sulfonamides is 1. The highest BCUT2D eigenvalue weighted by atomic mass is 32.2. The second-order valence-electron chi connectivity index (χ2n) is 8.53. The summed E-state index contributed by atoms with van der Waals surface area (Å²) in [5.74, 6) is 0.0913. The Bertz CT molecular complexity index is 1350. The van der Waals surface area contributed by atoms with E-state index < -0.39 is 22.0 Å². The normalized spacial score (nSPS) is 13.5. The molecule has 194 valence electrons. The minimum Gasteiger partial charge on any atom is -0.496 e. The average Bonchev–Trinajstić information content (AvgIpc) is 3.40. The number of nitrogens with one attached hydrogen (secondary N) is 2. The third-order valence-corrected chi connectivity index (χ3v) is 7.23. The number of anilines is 1. The molecular formula is C27H28N2O7S. The molecular weight excluding hydrogens is 496 g/mol. The van der Waals surface area contributed by atoms with E-state index in [1.165, 1.54) is 31.4 Å². The van der Waals surface area contributed by atoms with Gasteiger partial charge in [-0.05, 0) is 62.1 Å². The van der Waals surface area contributed by atoms with Gasteiger partial charge < -0.3 is 14.2 Å². The summed E-state index contributed by atoms with van der Waals surface area (Å²) in [6.07, 6.45) is 3.40. The lowest BCUT2D eigenvalue weighted by Crippen LogP contribution is -2.30. The predicted octanol–water partition coefficient (Wildman–Crippen LogP) is 4.88. The number of ether oxygens (including phenoxy) is 3. The zero-order valence-electron chi connectivity index (χ0n) is 20.3. The highest BCUT2D eigenvalue weighted by Crippen LogP contribution is 2.25. The van der Waals surface area contributed by atoms with Crippen LogP contribution in [0.4, 0.5) is 10.5 Å². The Morgan fingerprint density at radius 3 is 2.43 bits per heavy atom. The zero-order valence-corrected chi connectivity index (χ0v) is 21.1. The fourth-order valence-corrected chi connectivity index (χ4v) is 4.97. The first-order chi connectivity index (χ1) is 17.8. The molecule has 3 aromatic rings. The van der Waals surface area contributed by atoms with Gasteiger partial charge in [-0.1, -0.05) is 30.3 Å². The second kappa shape index (κ2) is 11.8. The molecule has 3 aromatic carbocycles. The maximum Gasteiger partial charge on any atom is 0.411 e. The van der Waals surface area contributed by atoms with Crippen LogP contribution < -0.4 is 19.5 Å². The van der Waals surface area contributed by atoms with E-state index in [2.05, 4.69) is 10.0 Å². The number of carbonyl (C=O) groups excluding carboxylic acids is 2. The van der Waals surface area contributed by atoms with Crippen LogP contribution in [0.3, 0.4) is 0 Å². The van der Waals surface area contributed by atoms with Crippen LogP contribution in [0.5, 0.6) is 11.5 Å². The molecule has 0 spiro atoms. The lowest BCUT2D eigenvalue weighted by Gasteiger charge is -2.14. The summed E-state index contributed by atoms with van der Waals surface area (Å²) in [6.45, 7) is 0.114. The van der Waals surface area contributed by atoms with Crippen LogP contribution in [0, 0.1) is 0 Å². The van der Waals surface area contributed by atoms with Gasteiger partial charge in [-0.15, -0.1) is 0 Å². The van der Waals surface area contributed by atoms with Gasteiger partial charge in [-0.2, -0.15) is 0 Å². The first-order valence-corrected chi connectivity index (χ1v) is 13.3. The summed E-state index contributed by atoms with van der Waals surface area (Å²) < 4.78 is 43.7. The Balaban J connectivity index is 1.38. The SMILES string of the molecule is COc1cc(C(=O)NS(=O)(=O)c2ccccc2)ccc1COc1cccc(NC(=O)OC2CCCC2)c1. The molecule has 1 saturated carbocycles. The van der Waals surface area contributed by atoms with E-state index in [1.54, 1.807) is 48.5 Å². The van der Waals surface area contributed by atoms with E-state index in [9.17, 15) is 18.0 Å². The Labute approximate surface area is 215 Å². The quantitative estimate of drug-likeness (QED) is 0.409. The third-order valence-electron chi connectivity index (χ3n) is 5.88. The van der Waals surface area contributed by atoms with Crippen LogP contribution >= 0.6 is 0 Å². The van der Waals surface area contributed by atoms with Crippen molar-refractivity contribution >= 4 is 27.7 Å². The van der Waals surface area contributed by atoms with Gasteiger partial charge in [0.05, 0.1) is 12.0 Å². The minimum absolute atomic E-state index is 0.0103. The number of hydrogen-bond acceptors (Lipinski definition) is 7. The van der Waals surface area contributed by atoms with Gasteiger partial charge in [-0.25, -0.2) is 17.9 Å². The number of rotatable bonds is 9. The monoisotopic (exact) mass is 524 g/mol. The molecule has 0 unspecified atom stereocenters. The summed E-state index contributed by atoms with van der Waals surface area (Å²) in [7, 11) is -2.56. The van der Waals surface area contributed by atoms with Gasteiger partial charge in [0.15, 0.2) is 0 Å². The van der Waals surface area contributed by atoms with E-state index >= 15 is 0 Å². The van der Waals surface area contributed by atoms with Gasteiger partial charge in [0, 0.05) is 22.9 Å². The largest absolute Gasteiger partial charge is 0.496 e. The molecule has 0 saturated heterocycles. The molecule has 2 amide bonds. The average molecular weight is 525 g/mol. The summed E-state index contributed by atoms with van der Waals surface area (Å²) in [5, 5.41) is 2.72. The molecule has 0 bridgehead atoms. The van der Waals surface area contributed by atoms with Crippen molar-refractivity contribution in [3.05, 3.63) is 83.9 Å². The van der Waals surface area contributed by atoms with E-state index in [0.717, 1.165) is 25.7 Å². The van der Waals surface area contributed by atoms with E-state index in [1.807, 2.05) is 0 Å². The Morgan fingerprint density at radius 2 is 1.70 bits per heavy atom. The van der Waals surface area contributed by atoms with Gasteiger partial charge in [0.1, 0.15) is 24.2 Å². The molecule has 0 radical (unpaired) electrons. The minimum atomic E-state index is -4.01. The van der Waals surface area contributed by atoms with Crippen molar-refractivity contribution in [1.29, 1.82) is 0 Å². The molecule has 0 atom stereocenters. The molecule has 37 heavy (non-hydrogen) atoms. The molecule has 0 aliphatic heterocycles. The molecule has 2 N–H and O–H groups in total. The van der Waals surface area contributed by atoms with Crippen molar-refractivity contribution in [2.75, 3.05) is 12.4 Å². The number of benzene rings is 3. The summed E-state index contributed by atoms with van der Waals surface area (Å²) in [5.41, 5.74) is 1.30. The van der Waals surface area contributed by atoms with E-state index in [0.29, 0.717) is 22.7 Å². The standard InChI is InChI=1S/C27H28N2O7S/c1-34-25-16-19(26(30)29-37(32,33)24-12-3-2-4-13-24)14-15-20(25)18-35-23-11-7-8-21(17-23)28-27(31)36-22-9-5-6-10-22/h2-4,7-8,11-17,22H,5-6,9-10,18H2,1H3,(H,28,31)(H,29,30). The fourth-order valence-electron chi connectivity index (χ4n) is 3.97. The van der Waals surface area contributed by atoms with Crippen LogP contribution in [0.25, 0.3) is 0 Å². The van der Waals surface area contributed by atoms with Gasteiger partial charge in [0.25, 0.3) is 15.9 Å². The second-order valence-corrected chi connectivity index (χ2v) is 10.2. The maximum absolute atomic E-state index is 12.6. The van der Waals surface area contributed by atoms with Gasteiger partial charge in [0.2, 0.25) is 0 Å². The van der Waals surface area contributed by atoms with Crippen molar-refractivity contribution in [2.24, 2.45) is 0 Å². The maximum atomic E-state index is 12.6. The smallest absolute Gasteiger partial charge is 0.411 e. The van der Waals surface area contributed by atoms with Crippen molar-refractivity contribution in [2.45, 2.75) is 43.3 Å². The first-order valence-electron chi connectivity index (χ1n) is 11.8. The summed E-state index contributed by atoms with van der Waals surface area (Å²) >= 11 is 0. The number of hydrogen-bond donors (Lipinski definition) is 2. The lowest BCUT2D eigenvalue weighted by molar-refractivity contribution is 0.0980. The Morgan fingerprint density at radius 1 is 0.946 bits per heavy atom. The first kappa shape index (κ1) is 26.0. The van der Waals surface area contributed by atoms with Gasteiger partial charge >= 0.3 is 6.09 Å². The van der Waals surface area contributed by atoms with Crippen molar-refractivity contribution < 1.29 is 32.2 Å². The zero-order chi connectivity index (χ0) is 26.3. The third kappa shape index (κ3) is 7.01. The molecule has 0 aromatic heterocycles. The molecule has 1 aliphatic rings. The Kier molecular flexibility index (Phi) is 8.29. The topological polar surface area (TPSA) is 120 Å². The number of amides is 2. The summed E-state index contributed by atoms with van der Waals surface area (Å²) in [6, 6.07) is 19.1. The summed E-state index contributed by atoms with van der Waals surface area (Å²) in [4.78, 5) is 24.7. The molecule has 4 rings (SSSR count). The van der Waals surface area contributed by atoms with Crippen molar-refractivity contribution in [3.8, 4) is 11.5 Å². The predicted molar refractivity (Wildman–Crippen MR) is 137 cm³/mol. The highest BCUT2D eigenvalue weighted by Gasteiger charge is 2.20. The van der Waals surface area contributed by atoms with Gasteiger partial charge in [-0.3, -0.25) is 10.1 Å². The van der Waals surface area contributed by atoms with Crippen molar-refractivity contribution in [3.63, 3.8) is 0 Å². The van der Waals surface area contributed by atoms with Crippen LogP contribution in [-0.4, -0.2) is 33.6 Å². The fraction of sp³-hybridized carbons (Fsp3) is 0.259. The van der Waals surface area contributed by atoms with Crippen LogP contribution in [0.1, 0.15) is 41.6 Å². The highest BCUT2D eigenvalue weighted by molar-refractivity contribution is 7.90. The molecule has 10 heteroatoms. The van der Waals surface area contributed by atoms with E-state index in [4.69, 9.17) is 14.2 Å². The molecule has 9 nitrogen and oxygen atoms in total. The van der Waals surface area contributed by atoms with Crippen LogP contribution in [0.2, 0.25) is 0 Å². The molecule has 1 aliphatic carbocycles. The number of methoxy groups -OCH3 is 1. The number of carbonyl (C=O) groups is 2. The van der Waals surface area contributed by atoms with Crippen LogP contribution in [0.15, 0.2) is 77.7 Å². The molecule has 0 heterocycles. The van der Waals surface area contributed by atoms with E-state index in [-0.39, 0.29) is 23.2 Å². The Hall–Kier alpha value is -4.05. The molecule has 1 fully saturated rings. The van der Waals surface area contributed by atoms with Crippen LogP contribution in [-0.2, 0) is 21.4 Å².